The van der Waals surface area contributed by atoms with Gasteiger partial charge in [0.2, 0.25) is 5.78 Å². The Bertz CT molecular complexity index is 975. The lowest BCUT2D eigenvalue weighted by atomic mass is 9.93. The number of rotatable bonds is 2. The van der Waals surface area contributed by atoms with Gasteiger partial charge in [-0.1, -0.05) is 60.7 Å². The lowest BCUT2D eigenvalue weighted by Crippen LogP contribution is -2.36. The highest BCUT2D eigenvalue weighted by Gasteiger charge is 2.35. The van der Waals surface area contributed by atoms with E-state index in [1.54, 1.807) is 23.1 Å². The van der Waals surface area contributed by atoms with E-state index in [0.29, 0.717) is 11.3 Å². The van der Waals surface area contributed by atoms with E-state index >= 15 is 0 Å². The first-order valence-corrected chi connectivity index (χ1v) is 8.06. The summed E-state index contributed by atoms with van der Waals surface area (Å²) in [5.74, 6) is -0.546. The highest BCUT2D eigenvalue weighted by Crippen LogP contribution is 2.36. The highest BCUT2D eigenvalue weighted by atomic mass is 16.2. The summed E-state index contributed by atoms with van der Waals surface area (Å²) in [4.78, 5) is 27.6. The van der Waals surface area contributed by atoms with Crippen LogP contribution in [0.2, 0.25) is 0 Å². The van der Waals surface area contributed by atoms with Crippen LogP contribution in [-0.4, -0.2) is 11.7 Å². The maximum absolute atomic E-state index is 13.1. The van der Waals surface area contributed by atoms with Crippen molar-refractivity contribution in [2.75, 3.05) is 4.90 Å². The van der Waals surface area contributed by atoms with E-state index in [0.717, 1.165) is 11.3 Å². The topological polar surface area (TPSA) is 37.4 Å². The summed E-state index contributed by atoms with van der Waals surface area (Å²) in [6.45, 7) is 0. The third kappa shape index (κ3) is 2.66. The zero-order valence-electron chi connectivity index (χ0n) is 13.4. The van der Waals surface area contributed by atoms with Gasteiger partial charge in [0.25, 0.3) is 5.91 Å². The second-order valence-electron chi connectivity index (χ2n) is 5.79. The van der Waals surface area contributed by atoms with E-state index in [4.69, 9.17) is 0 Å². The Kier molecular flexibility index (Phi) is 3.75. The van der Waals surface area contributed by atoms with Crippen molar-refractivity contribution in [3.05, 3.63) is 102 Å². The molecule has 0 saturated carbocycles. The number of fused-ring (bicyclic) bond motifs is 1. The molecule has 3 aromatic carbocycles. The molecule has 1 heterocycles. The van der Waals surface area contributed by atoms with Gasteiger partial charge in [0.05, 0.1) is 11.3 Å². The van der Waals surface area contributed by atoms with Gasteiger partial charge < -0.3 is 0 Å². The van der Waals surface area contributed by atoms with Gasteiger partial charge >= 0.3 is 0 Å². The second-order valence-corrected chi connectivity index (χ2v) is 5.79. The molecule has 0 aromatic heterocycles. The number of anilines is 2. The number of hydrogen-bond donors (Lipinski definition) is 0. The minimum absolute atomic E-state index is 0.175. The Morgan fingerprint density at radius 2 is 1.28 bits per heavy atom. The number of nitrogens with zero attached hydrogens (tertiary/aromatic N) is 1. The zero-order chi connectivity index (χ0) is 17.2. The number of carbonyl (C=O) groups excluding carboxylic acids is 2. The molecule has 4 rings (SSSR count). The molecule has 120 valence electrons. The van der Waals surface area contributed by atoms with Crippen LogP contribution >= 0.6 is 0 Å². The standard InChI is InChI=1S/C22H15NO2/c24-21-18-13-7-8-14-20(18)23(17-11-5-2-6-12-17)22(25)19(21)15-16-9-3-1-4-10-16/h1-15H. The van der Waals surface area contributed by atoms with Crippen LogP contribution in [0.15, 0.2) is 90.5 Å². The maximum atomic E-state index is 13.1. The van der Waals surface area contributed by atoms with Crippen LogP contribution in [0.1, 0.15) is 15.9 Å². The van der Waals surface area contributed by atoms with Crippen molar-refractivity contribution < 1.29 is 9.59 Å². The molecule has 0 fully saturated rings. The SMILES string of the molecule is O=C1C(=Cc2ccccc2)C(=O)N(c2ccccc2)c2ccccc21. The molecule has 0 N–H and O–H groups in total. The fourth-order valence-corrected chi connectivity index (χ4v) is 3.01. The van der Waals surface area contributed by atoms with Crippen molar-refractivity contribution in [1.82, 2.24) is 0 Å². The fraction of sp³-hybridized carbons (Fsp3) is 0. The first kappa shape index (κ1) is 15.1. The fourth-order valence-electron chi connectivity index (χ4n) is 3.01. The number of benzene rings is 3. The lowest BCUT2D eigenvalue weighted by Gasteiger charge is -2.30. The number of Topliss-reactive ketones (excluding diaryl/α,β-unsaturated/α-hetero) is 1. The molecular formula is C22H15NO2. The molecule has 25 heavy (non-hydrogen) atoms. The molecule has 1 aliphatic rings. The lowest BCUT2D eigenvalue weighted by molar-refractivity contribution is -0.114. The van der Waals surface area contributed by atoms with E-state index < -0.39 is 0 Å². The minimum Gasteiger partial charge on any atom is -0.288 e. The van der Waals surface area contributed by atoms with Crippen LogP contribution < -0.4 is 4.90 Å². The first-order valence-electron chi connectivity index (χ1n) is 8.06. The molecule has 1 amide bonds. The number of carbonyl (C=O) groups is 2. The van der Waals surface area contributed by atoms with Crippen LogP contribution in [0.5, 0.6) is 0 Å². The predicted octanol–water partition coefficient (Wildman–Crippen LogP) is 4.63. The smallest absolute Gasteiger partial charge is 0.266 e. The predicted molar refractivity (Wildman–Crippen MR) is 98.8 cm³/mol. The molecule has 0 saturated heterocycles. The van der Waals surface area contributed by atoms with E-state index in [-0.39, 0.29) is 17.3 Å². The van der Waals surface area contributed by atoms with Gasteiger partial charge in [0.1, 0.15) is 0 Å². The van der Waals surface area contributed by atoms with Gasteiger partial charge in [-0.05, 0) is 35.9 Å². The quantitative estimate of drug-likeness (QED) is 0.509. The van der Waals surface area contributed by atoms with Crippen molar-refractivity contribution in [2.45, 2.75) is 0 Å². The van der Waals surface area contributed by atoms with Gasteiger partial charge in [-0.25, -0.2) is 0 Å². The van der Waals surface area contributed by atoms with Gasteiger partial charge in [-0.15, -0.1) is 0 Å². The molecule has 3 heteroatoms. The summed E-state index contributed by atoms with van der Waals surface area (Å²) in [5.41, 5.74) is 2.90. The zero-order valence-corrected chi connectivity index (χ0v) is 13.4. The Morgan fingerprint density at radius 3 is 2.00 bits per heavy atom. The number of hydrogen-bond acceptors (Lipinski definition) is 2. The Morgan fingerprint density at radius 1 is 0.680 bits per heavy atom. The van der Waals surface area contributed by atoms with Crippen molar-refractivity contribution in [3.63, 3.8) is 0 Å². The van der Waals surface area contributed by atoms with E-state index in [1.165, 1.54) is 0 Å². The molecular weight excluding hydrogens is 310 g/mol. The van der Waals surface area contributed by atoms with E-state index in [2.05, 4.69) is 0 Å². The molecule has 0 aliphatic carbocycles. The van der Waals surface area contributed by atoms with Crippen LogP contribution in [-0.2, 0) is 4.79 Å². The van der Waals surface area contributed by atoms with Crippen molar-refractivity contribution in [1.29, 1.82) is 0 Å². The van der Waals surface area contributed by atoms with Gasteiger partial charge in [-0.3, -0.25) is 14.5 Å². The molecule has 3 nitrogen and oxygen atoms in total. The summed E-state index contributed by atoms with van der Waals surface area (Å²) >= 11 is 0. The molecule has 3 aromatic rings. The Labute approximate surface area is 145 Å². The van der Waals surface area contributed by atoms with Crippen molar-refractivity contribution in [3.8, 4) is 0 Å². The van der Waals surface area contributed by atoms with E-state index in [9.17, 15) is 9.59 Å². The largest absolute Gasteiger partial charge is 0.288 e. The van der Waals surface area contributed by atoms with Crippen molar-refractivity contribution in [2.24, 2.45) is 0 Å². The molecule has 0 bridgehead atoms. The number of para-hydroxylation sites is 2. The average Bonchev–Trinajstić information content (AvgIpc) is 2.67. The van der Waals surface area contributed by atoms with E-state index in [1.807, 2.05) is 72.8 Å². The molecule has 0 unspecified atom stereocenters. The summed E-state index contributed by atoms with van der Waals surface area (Å²) in [7, 11) is 0. The third-order valence-corrected chi connectivity index (χ3v) is 4.19. The molecule has 1 aliphatic heterocycles. The minimum atomic E-state index is -0.307. The Balaban J connectivity index is 1.91. The van der Waals surface area contributed by atoms with Crippen LogP contribution in [0, 0.1) is 0 Å². The maximum Gasteiger partial charge on any atom is 0.266 e. The summed E-state index contributed by atoms with van der Waals surface area (Å²) in [6.07, 6.45) is 1.66. The molecule has 0 radical (unpaired) electrons. The number of amides is 1. The number of ketones is 1. The monoisotopic (exact) mass is 325 g/mol. The van der Waals surface area contributed by atoms with Crippen LogP contribution in [0.3, 0.4) is 0 Å². The normalized spacial score (nSPS) is 15.4. The van der Waals surface area contributed by atoms with Gasteiger partial charge in [-0.2, -0.15) is 0 Å². The average molecular weight is 325 g/mol. The first-order chi connectivity index (χ1) is 12.3. The molecule has 0 spiro atoms. The summed E-state index contributed by atoms with van der Waals surface area (Å²) in [5, 5.41) is 0. The summed E-state index contributed by atoms with van der Waals surface area (Å²) in [6, 6.07) is 26.0. The second kappa shape index (κ2) is 6.21. The van der Waals surface area contributed by atoms with Gasteiger partial charge in [0, 0.05) is 11.3 Å². The van der Waals surface area contributed by atoms with Crippen LogP contribution in [0.25, 0.3) is 6.08 Å². The highest BCUT2D eigenvalue weighted by molar-refractivity contribution is 6.38. The van der Waals surface area contributed by atoms with Crippen molar-refractivity contribution >= 4 is 29.1 Å². The van der Waals surface area contributed by atoms with Crippen LogP contribution in [0.4, 0.5) is 11.4 Å². The summed E-state index contributed by atoms with van der Waals surface area (Å²) < 4.78 is 0. The molecule has 0 atom stereocenters. The third-order valence-electron chi connectivity index (χ3n) is 4.19. The van der Waals surface area contributed by atoms with Gasteiger partial charge in [0.15, 0.2) is 0 Å². The Hall–Kier alpha value is -3.46.